The number of benzene rings is 2. The molecule has 1 fully saturated rings. The highest BCUT2D eigenvalue weighted by molar-refractivity contribution is 7.99. The molecule has 1 saturated heterocycles. The molecule has 24 heavy (non-hydrogen) atoms. The lowest BCUT2D eigenvalue weighted by Gasteiger charge is -2.19. The second-order valence-corrected chi connectivity index (χ2v) is 8.39. The van der Waals surface area contributed by atoms with E-state index in [9.17, 15) is 4.79 Å². The normalized spacial score (nSPS) is 18.5. The van der Waals surface area contributed by atoms with Gasteiger partial charge in [0.15, 0.2) is 0 Å². The van der Waals surface area contributed by atoms with Gasteiger partial charge in [-0.2, -0.15) is 11.8 Å². The van der Waals surface area contributed by atoms with Crippen LogP contribution >= 0.6 is 23.1 Å². The Labute approximate surface area is 150 Å². The summed E-state index contributed by atoms with van der Waals surface area (Å²) in [4.78, 5) is 15.8. The topological polar surface area (TPSA) is 20.3 Å². The number of thioether (sulfide) groups is 1. The highest BCUT2D eigenvalue weighted by atomic mass is 32.2. The number of carbonyl (C=O) groups excluding carboxylic acids is 1. The van der Waals surface area contributed by atoms with Crippen molar-refractivity contribution in [2.24, 2.45) is 0 Å². The molecule has 4 rings (SSSR count). The van der Waals surface area contributed by atoms with E-state index in [1.807, 2.05) is 34.9 Å². The minimum atomic E-state index is 0.186. The Morgan fingerprint density at radius 1 is 1.00 bits per heavy atom. The first-order chi connectivity index (χ1) is 11.8. The van der Waals surface area contributed by atoms with Crippen LogP contribution in [-0.2, 0) is 0 Å². The van der Waals surface area contributed by atoms with Gasteiger partial charge in [-0.25, -0.2) is 0 Å². The zero-order valence-corrected chi connectivity index (χ0v) is 15.0. The van der Waals surface area contributed by atoms with E-state index in [0.717, 1.165) is 35.5 Å². The molecule has 0 N–H and O–H groups in total. The maximum Gasteiger partial charge on any atom is 0.263 e. The molecule has 0 unspecified atom stereocenters. The summed E-state index contributed by atoms with van der Waals surface area (Å²) in [5.41, 5.74) is 1.37. The number of amides is 1. The molecule has 1 aromatic heterocycles. The number of fused-ring (bicyclic) bond motifs is 1. The monoisotopic (exact) mass is 353 g/mol. The van der Waals surface area contributed by atoms with Crippen molar-refractivity contribution in [1.82, 2.24) is 4.90 Å². The van der Waals surface area contributed by atoms with Crippen molar-refractivity contribution in [1.29, 1.82) is 0 Å². The average molecular weight is 354 g/mol. The largest absolute Gasteiger partial charge is 0.337 e. The minimum Gasteiger partial charge on any atom is -0.337 e. The third-order valence-corrected chi connectivity index (χ3v) is 6.87. The first-order valence-electron chi connectivity index (χ1n) is 8.26. The average Bonchev–Trinajstić information content (AvgIpc) is 2.91. The molecule has 1 aliphatic rings. The van der Waals surface area contributed by atoms with Gasteiger partial charge in [0.05, 0.1) is 4.88 Å². The summed E-state index contributed by atoms with van der Waals surface area (Å²) in [5, 5.41) is 1.66. The molecule has 2 aromatic carbocycles. The molecular weight excluding hydrogens is 334 g/mol. The molecule has 0 saturated carbocycles. The molecule has 1 atom stereocenters. The number of thiophene rings is 1. The highest BCUT2D eigenvalue weighted by Crippen LogP contribution is 2.35. The lowest BCUT2D eigenvalue weighted by molar-refractivity contribution is 0.0771. The molecule has 0 bridgehead atoms. The number of hydrogen-bond donors (Lipinski definition) is 0. The molecular formula is C20H19NOS2. The summed E-state index contributed by atoms with van der Waals surface area (Å²) < 4.78 is 1.19. The summed E-state index contributed by atoms with van der Waals surface area (Å²) in [6, 6.07) is 20.9. The molecule has 2 nitrogen and oxygen atoms in total. The zero-order chi connectivity index (χ0) is 16.4. The molecule has 1 aliphatic heterocycles. The molecule has 0 spiro atoms. The van der Waals surface area contributed by atoms with Crippen molar-refractivity contribution >= 4 is 39.1 Å². The summed E-state index contributed by atoms with van der Waals surface area (Å²) in [6.07, 6.45) is 1.02. The predicted molar refractivity (Wildman–Crippen MR) is 104 cm³/mol. The third-order valence-electron chi connectivity index (χ3n) is 4.44. The van der Waals surface area contributed by atoms with E-state index in [2.05, 4.69) is 42.5 Å². The number of nitrogens with zero attached hydrogens (tertiary/aromatic N) is 1. The number of carbonyl (C=O) groups is 1. The fourth-order valence-electron chi connectivity index (χ4n) is 3.15. The second kappa shape index (κ2) is 6.99. The fraction of sp³-hybridized carbons (Fsp3) is 0.250. The van der Waals surface area contributed by atoms with Crippen molar-refractivity contribution in [2.75, 3.05) is 18.8 Å². The highest BCUT2D eigenvalue weighted by Gasteiger charge is 2.23. The van der Waals surface area contributed by atoms with Gasteiger partial charge in [-0.05, 0) is 29.5 Å². The van der Waals surface area contributed by atoms with Crippen LogP contribution in [0.3, 0.4) is 0 Å². The lowest BCUT2D eigenvalue weighted by atomic mass is 10.1. The Morgan fingerprint density at radius 3 is 2.62 bits per heavy atom. The minimum absolute atomic E-state index is 0.186. The fourth-order valence-corrected chi connectivity index (χ4v) is 5.41. The summed E-state index contributed by atoms with van der Waals surface area (Å²) in [5.74, 6) is 1.18. The van der Waals surface area contributed by atoms with Crippen molar-refractivity contribution in [2.45, 2.75) is 11.7 Å². The Bertz CT molecular complexity index is 810. The van der Waals surface area contributed by atoms with Crippen LogP contribution in [0.15, 0.2) is 60.7 Å². The smallest absolute Gasteiger partial charge is 0.263 e. The maximum absolute atomic E-state index is 12.9. The number of hydrogen-bond acceptors (Lipinski definition) is 3. The van der Waals surface area contributed by atoms with Crippen LogP contribution in [-0.4, -0.2) is 29.6 Å². The molecule has 0 radical (unpaired) electrons. The van der Waals surface area contributed by atoms with Gasteiger partial charge in [-0.1, -0.05) is 48.5 Å². The van der Waals surface area contributed by atoms with Gasteiger partial charge in [0.2, 0.25) is 0 Å². The van der Waals surface area contributed by atoms with E-state index in [4.69, 9.17) is 0 Å². The Balaban J connectivity index is 1.49. The van der Waals surface area contributed by atoms with Crippen molar-refractivity contribution in [3.05, 3.63) is 71.1 Å². The van der Waals surface area contributed by atoms with Gasteiger partial charge in [-0.15, -0.1) is 11.3 Å². The summed E-state index contributed by atoms with van der Waals surface area (Å²) >= 11 is 3.57. The van der Waals surface area contributed by atoms with E-state index in [1.165, 1.54) is 10.3 Å². The van der Waals surface area contributed by atoms with Gasteiger partial charge in [0.1, 0.15) is 0 Å². The van der Waals surface area contributed by atoms with Crippen LogP contribution in [0.25, 0.3) is 10.1 Å². The van der Waals surface area contributed by atoms with E-state index in [1.54, 1.807) is 11.3 Å². The van der Waals surface area contributed by atoms with Gasteiger partial charge in [-0.3, -0.25) is 4.79 Å². The second-order valence-electron chi connectivity index (χ2n) is 6.00. The molecule has 3 aromatic rings. The molecule has 4 heteroatoms. The van der Waals surface area contributed by atoms with E-state index in [-0.39, 0.29) is 5.91 Å². The van der Waals surface area contributed by atoms with Crippen LogP contribution in [0.5, 0.6) is 0 Å². The first kappa shape index (κ1) is 15.7. The lowest BCUT2D eigenvalue weighted by Crippen LogP contribution is -2.32. The Hall–Kier alpha value is -1.78. The van der Waals surface area contributed by atoms with Crippen molar-refractivity contribution < 1.29 is 4.79 Å². The molecule has 122 valence electrons. The van der Waals surface area contributed by atoms with Crippen molar-refractivity contribution in [3.8, 4) is 0 Å². The zero-order valence-electron chi connectivity index (χ0n) is 13.4. The molecule has 0 aliphatic carbocycles. The quantitative estimate of drug-likeness (QED) is 0.629. The van der Waals surface area contributed by atoms with Crippen molar-refractivity contribution in [3.63, 3.8) is 0 Å². The standard InChI is InChI=1S/C20H19NOS2/c22-20(19-14-16-8-4-5-9-18(16)24-19)21-11-10-17(23-13-12-21)15-6-2-1-3-7-15/h1-9,14,17H,10-13H2/t17-/m1/s1. The van der Waals surface area contributed by atoms with E-state index >= 15 is 0 Å². The van der Waals surface area contributed by atoms with Crippen LogP contribution in [0, 0.1) is 0 Å². The summed E-state index contributed by atoms with van der Waals surface area (Å²) in [7, 11) is 0. The van der Waals surface area contributed by atoms with Crippen LogP contribution in [0.2, 0.25) is 0 Å². The van der Waals surface area contributed by atoms with Crippen LogP contribution < -0.4 is 0 Å². The first-order valence-corrected chi connectivity index (χ1v) is 10.1. The molecule has 2 heterocycles. The van der Waals surface area contributed by atoms with Gasteiger partial charge in [0, 0.05) is 28.8 Å². The van der Waals surface area contributed by atoms with Crippen LogP contribution in [0.4, 0.5) is 0 Å². The van der Waals surface area contributed by atoms with Gasteiger partial charge >= 0.3 is 0 Å². The van der Waals surface area contributed by atoms with Crippen LogP contribution in [0.1, 0.15) is 26.9 Å². The molecule has 1 amide bonds. The summed E-state index contributed by atoms with van der Waals surface area (Å²) in [6.45, 7) is 1.67. The third kappa shape index (κ3) is 3.21. The Kier molecular flexibility index (Phi) is 4.58. The van der Waals surface area contributed by atoms with Gasteiger partial charge < -0.3 is 4.90 Å². The maximum atomic E-state index is 12.9. The number of rotatable bonds is 2. The van der Waals surface area contributed by atoms with E-state index in [0.29, 0.717) is 5.25 Å². The van der Waals surface area contributed by atoms with E-state index < -0.39 is 0 Å². The van der Waals surface area contributed by atoms with Gasteiger partial charge in [0.25, 0.3) is 5.91 Å². The predicted octanol–water partition coefficient (Wildman–Crippen LogP) is 5.22. The Morgan fingerprint density at radius 2 is 1.79 bits per heavy atom. The SMILES string of the molecule is O=C(c1cc2ccccc2s1)N1CCS[C@@H](c2ccccc2)CC1.